The maximum Gasteiger partial charge on any atom is 0.110 e. The molecule has 3 rings (SSSR count). The van der Waals surface area contributed by atoms with Gasteiger partial charge in [-0.15, -0.1) is 11.8 Å². The van der Waals surface area contributed by atoms with Crippen molar-refractivity contribution < 1.29 is 0 Å². The number of benzene rings is 1. The standard InChI is InChI=1S/C16H22N4S/c1-2-8-20-9-7-18-16(20)11-13(19-17)15-10-12-5-3-4-6-14(12)21-15/h3-7,9,13,15,19H,2,8,10-11,17H2,1H3. The van der Waals surface area contributed by atoms with E-state index in [1.807, 2.05) is 18.0 Å². The van der Waals surface area contributed by atoms with Crippen molar-refractivity contribution in [2.45, 2.75) is 48.9 Å². The number of imidazole rings is 1. The number of fused-ring (bicyclic) bond motifs is 1. The molecule has 2 atom stereocenters. The lowest BCUT2D eigenvalue weighted by Crippen LogP contribution is -2.44. The highest BCUT2D eigenvalue weighted by molar-refractivity contribution is 8.00. The van der Waals surface area contributed by atoms with E-state index in [4.69, 9.17) is 5.84 Å². The Bertz CT molecular complexity index is 570. The second kappa shape index (κ2) is 6.64. The topological polar surface area (TPSA) is 55.9 Å². The molecule has 0 amide bonds. The van der Waals surface area contributed by atoms with E-state index in [0.29, 0.717) is 5.25 Å². The molecule has 2 unspecified atom stereocenters. The molecule has 0 radical (unpaired) electrons. The van der Waals surface area contributed by atoms with Gasteiger partial charge >= 0.3 is 0 Å². The van der Waals surface area contributed by atoms with Gasteiger partial charge < -0.3 is 4.57 Å². The summed E-state index contributed by atoms with van der Waals surface area (Å²) in [4.78, 5) is 5.89. The average molecular weight is 302 g/mol. The van der Waals surface area contributed by atoms with Gasteiger partial charge in [0.1, 0.15) is 5.82 Å². The van der Waals surface area contributed by atoms with Crippen LogP contribution in [0.4, 0.5) is 0 Å². The Kier molecular flexibility index (Phi) is 4.63. The van der Waals surface area contributed by atoms with Crippen molar-refractivity contribution in [1.82, 2.24) is 15.0 Å². The lowest BCUT2D eigenvalue weighted by Gasteiger charge is -2.22. The van der Waals surface area contributed by atoms with Crippen LogP contribution < -0.4 is 11.3 Å². The molecule has 4 nitrogen and oxygen atoms in total. The Morgan fingerprint density at radius 3 is 3.10 bits per heavy atom. The fourth-order valence-electron chi connectivity index (χ4n) is 2.90. The van der Waals surface area contributed by atoms with Gasteiger partial charge in [0.25, 0.3) is 0 Å². The Morgan fingerprint density at radius 1 is 1.48 bits per heavy atom. The fraction of sp³-hybridized carbons (Fsp3) is 0.438. The van der Waals surface area contributed by atoms with Crippen molar-refractivity contribution in [1.29, 1.82) is 0 Å². The molecule has 0 fully saturated rings. The zero-order valence-electron chi connectivity index (χ0n) is 12.3. The summed E-state index contributed by atoms with van der Waals surface area (Å²) in [6.07, 6.45) is 7.01. The number of rotatable bonds is 6. The molecule has 0 saturated heterocycles. The van der Waals surface area contributed by atoms with Gasteiger partial charge in [0.2, 0.25) is 0 Å². The van der Waals surface area contributed by atoms with Gasteiger partial charge in [-0.3, -0.25) is 11.3 Å². The van der Waals surface area contributed by atoms with Crippen LogP contribution >= 0.6 is 11.8 Å². The van der Waals surface area contributed by atoms with Crippen molar-refractivity contribution in [2.75, 3.05) is 0 Å². The van der Waals surface area contributed by atoms with Crippen molar-refractivity contribution in [3.63, 3.8) is 0 Å². The van der Waals surface area contributed by atoms with E-state index < -0.39 is 0 Å². The Labute approximate surface area is 130 Å². The van der Waals surface area contributed by atoms with E-state index in [-0.39, 0.29) is 6.04 Å². The molecule has 0 spiro atoms. The summed E-state index contributed by atoms with van der Waals surface area (Å²) in [7, 11) is 0. The third-order valence-electron chi connectivity index (χ3n) is 4.00. The molecule has 3 N–H and O–H groups in total. The van der Waals surface area contributed by atoms with Gasteiger partial charge in [0.05, 0.1) is 0 Å². The average Bonchev–Trinajstić information content (AvgIpc) is 3.11. The van der Waals surface area contributed by atoms with Crippen LogP contribution in [0.5, 0.6) is 0 Å². The molecule has 0 saturated carbocycles. The highest BCUT2D eigenvalue weighted by Gasteiger charge is 2.29. The van der Waals surface area contributed by atoms with E-state index in [2.05, 4.69) is 52.4 Å². The first-order valence-electron chi connectivity index (χ1n) is 7.52. The number of aryl methyl sites for hydroxylation is 1. The van der Waals surface area contributed by atoms with Crippen molar-refractivity contribution in [2.24, 2.45) is 5.84 Å². The van der Waals surface area contributed by atoms with Gasteiger partial charge in [0.15, 0.2) is 0 Å². The molecular weight excluding hydrogens is 280 g/mol. The maximum atomic E-state index is 5.83. The Balaban J connectivity index is 1.70. The molecule has 112 valence electrons. The predicted octanol–water partition coefficient (Wildman–Crippen LogP) is 2.38. The SMILES string of the molecule is CCCn1ccnc1CC(NN)C1Cc2ccccc2S1. The molecule has 2 heterocycles. The van der Waals surface area contributed by atoms with Crippen LogP contribution in [0.15, 0.2) is 41.6 Å². The Morgan fingerprint density at radius 2 is 2.33 bits per heavy atom. The summed E-state index contributed by atoms with van der Waals surface area (Å²) in [5, 5.41) is 0.471. The minimum atomic E-state index is 0.236. The van der Waals surface area contributed by atoms with Crippen molar-refractivity contribution in [3.8, 4) is 0 Å². The van der Waals surface area contributed by atoms with Crippen LogP contribution in [-0.2, 0) is 19.4 Å². The van der Waals surface area contributed by atoms with E-state index in [1.54, 1.807) is 0 Å². The maximum absolute atomic E-state index is 5.83. The summed E-state index contributed by atoms with van der Waals surface area (Å²) in [5.74, 6) is 6.95. The molecule has 1 aromatic carbocycles. The molecule has 0 aliphatic carbocycles. The lowest BCUT2D eigenvalue weighted by atomic mass is 10.0. The monoisotopic (exact) mass is 302 g/mol. The van der Waals surface area contributed by atoms with Crippen molar-refractivity contribution in [3.05, 3.63) is 48.0 Å². The summed E-state index contributed by atoms with van der Waals surface area (Å²) in [5.41, 5.74) is 4.45. The normalized spacial score (nSPS) is 18.7. The molecule has 1 aliphatic heterocycles. The van der Waals surface area contributed by atoms with E-state index in [9.17, 15) is 0 Å². The first-order chi connectivity index (χ1) is 10.3. The van der Waals surface area contributed by atoms with E-state index in [1.165, 1.54) is 10.5 Å². The molecule has 5 heteroatoms. The van der Waals surface area contributed by atoms with E-state index >= 15 is 0 Å². The van der Waals surface area contributed by atoms with Gasteiger partial charge in [-0.05, 0) is 24.5 Å². The van der Waals surface area contributed by atoms with Crippen LogP contribution in [0.2, 0.25) is 0 Å². The van der Waals surface area contributed by atoms with Crippen LogP contribution in [0.3, 0.4) is 0 Å². The number of nitrogens with two attached hydrogens (primary N) is 1. The number of thioether (sulfide) groups is 1. The zero-order valence-corrected chi connectivity index (χ0v) is 13.1. The second-order valence-corrected chi connectivity index (χ2v) is 6.76. The van der Waals surface area contributed by atoms with E-state index in [0.717, 1.165) is 31.6 Å². The third kappa shape index (κ3) is 3.15. The number of hydrogen-bond acceptors (Lipinski definition) is 4. The van der Waals surface area contributed by atoms with Gasteiger partial charge in [0, 0.05) is 41.5 Å². The molecule has 1 aliphatic rings. The van der Waals surface area contributed by atoms with Crippen LogP contribution in [0.25, 0.3) is 0 Å². The van der Waals surface area contributed by atoms with Crippen molar-refractivity contribution >= 4 is 11.8 Å². The lowest BCUT2D eigenvalue weighted by molar-refractivity contribution is 0.482. The van der Waals surface area contributed by atoms with Gasteiger partial charge in [-0.1, -0.05) is 25.1 Å². The number of hydrogen-bond donors (Lipinski definition) is 2. The van der Waals surface area contributed by atoms with Crippen LogP contribution in [0, 0.1) is 0 Å². The number of nitrogens with zero attached hydrogens (tertiary/aromatic N) is 2. The first-order valence-corrected chi connectivity index (χ1v) is 8.40. The minimum absolute atomic E-state index is 0.236. The molecule has 2 aromatic rings. The molecular formula is C16H22N4S. The number of aromatic nitrogens is 2. The quantitative estimate of drug-likeness (QED) is 0.635. The molecule has 1 aromatic heterocycles. The molecule has 21 heavy (non-hydrogen) atoms. The minimum Gasteiger partial charge on any atom is -0.335 e. The summed E-state index contributed by atoms with van der Waals surface area (Å²) in [6, 6.07) is 8.87. The third-order valence-corrected chi connectivity index (χ3v) is 5.45. The first kappa shape index (κ1) is 14.6. The second-order valence-electron chi connectivity index (χ2n) is 5.48. The van der Waals surface area contributed by atoms with Gasteiger partial charge in [-0.2, -0.15) is 0 Å². The molecule has 0 bridgehead atoms. The highest BCUT2D eigenvalue weighted by Crippen LogP contribution is 2.38. The highest BCUT2D eigenvalue weighted by atomic mass is 32.2. The zero-order chi connectivity index (χ0) is 14.7. The van der Waals surface area contributed by atoms with Crippen LogP contribution in [-0.4, -0.2) is 20.8 Å². The summed E-state index contributed by atoms with van der Waals surface area (Å²) >= 11 is 1.93. The summed E-state index contributed by atoms with van der Waals surface area (Å²) in [6.45, 7) is 3.20. The largest absolute Gasteiger partial charge is 0.335 e. The number of nitrogens with one attached hydrogen (secondary N) is 1. The predicted molar refractivity (Wildman–Crippen MR) is 87.1 cm³/mol. The summed E-state index contributed by atoms with van der Waals surface area (Å²) < 4.78 is 2.23. The number of hydrazine groups is 1. The smallest absolute Gasteiger partial charge is 0.110 e. The fourth-order valence-corrected chi connectivity index (χ4v) is 4.29. The van der Waals surface area contributed by atoms with Crippen LogP contribution in [0.1, 0.15) is 24.7 Å². The van der Waals surface area contributed by atoms with Gasteiger partial charge in [-0.25, -0.2) is 4.98 Å². The Hall–Kier alpha value is -1.30.